The van der Waals surface area contributed by atoms with Crippen molar-refractivity contribution in [1.82, 2.24) is 10.6 Å². The fourth-order valence-corrected chi connectivity index (χ4v) is 2.72. The Morgan fingerprint density at radius 3 is 2.86 bits per heavy atom. The number of guanidine groups is 1. The molecule has 1 fully saturated rings. The van der Waals surface area contributed by atoms with Crippen LogP contribution in [0.5, 0.6) is 5.75 Å². The van der Waals surface area contributed by atoms with Crippen LogP contribution in [-0.2, 0) is 17.9 Å². The van der Waals surface area contributed by atoms with Crippen molar-refractivity contribution in [2.24, 2.45) is 10.9 Å². The molecule has 6 nitrogen and oxygen atoms in total. The molecule has 0 spiro atoms. The highest BCUT2D eigenvalue weighted by Crippen LogP contribution is 2.30. The van der Waals surface area contributed by atoms with Gasteiger partial charge in [0.15, 0.2) is 5.96 Å². The van der Waals surface area contributed by atoms with E-state index in [1.165, 1.54) is 12.8 Å². The summed E-state index contributed by atoms with van der Waals surface area (Å²) in [5.74, 6) is 3.35. The number of para-hydroxylation sites is 1. The van der Waals surface area contributed by atoms with Crippen molar-refractivity contribution in [2.75, 3.05) is 26.3 Å². The van der Waals surface area contributed by atoms with E-state index < -0.39 is 0 Å². The van der Waals surface area contributed by atoms with Crippen LogP contribution in [0.4, 0.5) is 0 Å². The molecule has 0 amide bonds. The first-order valence-electron chi connectivity index (χ1n) is 10.2. The van der Waals surface area contributed by atoms with Crippen molar-refractivity contribution in [3.8, 4) is 5.75 Å². The number of hydrogen-bond donors (Lipinski definition) is 2. The number of rotatable bonds is 12. The van der Waals surface area contributed by atoms with E-state index >= 15 is 0 Å². The molecule has 1 aliphatic rings. The maximum atomic E-state index is 5.98. The number of nitrogens with zero attached hydrogens (tertiary/aromatic N) is 1. The Morgan fingerprint density at radius 2 is 2.07 bits per heavy atom. The van der Waals surface area contributed by atoms with Crippen LogP contribution in [0.1, 0.15) is 37.5 Å². The predicted octanol–water partition coefficient (Wildman–Crippen LogP) is 3.73. The van der Waals surface area contributed by atoms with Crippen LogP contribution in [0.15, 0.2) is 52.1 Å². The van der Waals surface area contributed by atoms with Crippen LogP contribution in [0.3, 0.4) is 0 Å². The van der Waals surface area contributed by atoms with Gasteiger partial charge < -0.3 is 24.5 Å². The van der Waals surface area contributed by atoms with E-state index in [0.29, 0.717) is 19.8 Å². The summed E-state index contributed by atoms with van der Waals surface area (Å²) < 4.78 is 16.8. The molecule has 0 bridgehead atoms. The fourth-order valence-electron chi connectivity index (χ4n) is 2.72. The molecule has 1 saturated carbocycles. The molecule has 0 aliphatic heterocycles. The third kappa shape index (κ3) is 7.27. The maximum Gasteiger partial charge on any atom is 0.191 e. The van der Waals surface area contributed by atoms with E-state index in [2.05, 4.69) is 23.6 Å². The normalized spacial score (nSPS) is 14.1. The molecule has 2 aromatic rings. The summed E-state index contributed by atoms with van der Waals surface area (Å²) in [6, 6.07) is 11.9. The molecule has 1 heterocycles. The van der Waals surface area contributed by atoms with Gasteiger partial charge in [-0.3, -0.25) is 0 Å². The number of furan rings is 1. The van der Waals surface area contributed by atoms with Gasteiger partial charge in [0, 0.05) is 25.3 Å². The first kappa shape index (κ1) is 20.3. The number of ether oxygens (including phenoxy) is 2. The summed E-state index contributed by atoms with van der Waals surface area (Å²) in [7, 11) is 0. The lowest BCUT2D eigenvalue weighted by molar-refractivity contribution is 0.105. The first-order chi connectivity index (χ1) is 13.8. The Hall–Kier alpha value is -2.47. The molecule has 1 aromatic heterocycles. The van der Waals surface area contributed by atoms with Gasteiger partial charge in [0.1, 0.15) is 18.1 Å². The Bertz CT molecular complexity index is 712. The van der Waals surface area contributed by atoms with Gasteiger partial charge in [0.25, 0.3) is 0 Å². The average Bonchev–Trinajstić information content (AvgIpc) is 3.40. The summed E-state index contributed by atoms with van der Waals surface area (Å²) in [5, 5.41) is 6.65. The van der Waals surface area contributed by atoms with Gasteiger partial charge in [-0.25, -0.2) is 4.99 Å². The zero-order chi connectivity index (χ0) is 19.4. The van der Waals surface area contributed by atoms with Crippen molar-refractivity contribution >= 4 is 5.96 Å². The lowest BCUT2D eigenvalue weighted by Crippen LogP contribution is -2.38. The predicted molar refractivity (Wildman–Crippen MR) is 110 cm³/mol. The molecule has 0 atom stereocenters. The van der Waals surface area contributed by atoms with Crippen molar-refractivity contribution < 1.29 is 13.9 Å². The van der Waals surface area contributed by atoms with E-state index in [1.807, 2.05) is 30.3 Å². The number of aliphatic imine (C=N–C) groups is 1. The molecule has 2 N–H and O–H groups in total. The monoisotopic (exact) mass is 385 g/mol. The molecular weight excluding hydrogens is 354 g/mol. The van der Waals surface area contributed by atoms with E-state index in [4.69, 9.17) is 18.9 Å². The van der Waals surface area contributed by atoms with Gasteiger partial charge in [-0.15, -0.1) is 0 Å². The number of benzene rings is 1. The molecule has 1 aliphatic carbocycles. The highest BCUT2D eigenvalue weighted by atomic mass is 16.5. The van der Waals surface area contributed by atoms with Crippen molar-refractivity contribution in [2.45, 2.75) is 39.3 Å². The van der Waals surface area contributed by atoms with Crippen LogP contribution in [0.25, 0.3) is 0 Å². The van der Waals surface area contributed by atoms with Gasteiger partial charge >= 0.3 is 0 Å². The minimum absolute atomic E-state index is 0.513. The third-order valence-corrected chi connectivity index (χ3v) is 4.48. The van der Waals surface area contributed by atoms with Crippen LogP contribution >= 0.6 is 0 Å². The van der Waals surface area contributed by atoms with Gasteiger partial charge in [0.2, 0.25) is 0 Å². The second-order valence-corrected chi connectivity index (χ2v) is 6.97. The lowest BCUT2D eigenvalue weighted by atomic mass is 10.2. The fraction of sp³-hybridized carbons (Fsp3) is 0.500. The van der Waals surface area contributed by atoms with Gasteiger partial charge in [0.05, 0.1) is 19.4 Å². The van der Waals surface area contributed by atoms with Crippen LogP contribution in [0, 0.1) is 5.92 Å². The zero-order valence-electron chi connectivity index (χ0n) is 16.7. The largest absolute Gasteiger partial charge is 0.493 e. The Morgan fingerprint density at radius 1 is 1.18 bits per heavy atom. The first-order valence-corrected chi connectivity index (χ1v) is 10.2. The highest BCUT2D eigenvalue weighted by molar-refractivity contribution is 5.79. The summed E-state index contributed by atoms with van der Waals surface area (Å²) in [5.41, 5.74) is 1.11. The molecular formula is C22H31N3O3. The van der Waals surface area contributed by atoms with Crippen molar-refractivity contribution in [1.29, 1.82) is 0 Å². The Labute approximate surface area is 167 Å². The van der Waals surface area contributed by atoms with Gasteiger partial charge in [-0.2, -0.15) is 0 Å². The lowest BCUT2D eigenvalue weighted by Gasteiger charge is -2.13. The summed E-state index contributed by atoms with van der Waals surface area (Å²) in [6.07, 6.45) is 5.14. The van der Waals surface area contributed by atoms with Crippen molar-refractivity contribution in [3.63, 3.8) is 0 Å². The second-order valence-electron chi connectivity index (χ2n) is 6.97. The Balaban J connectivity index is 1.40. The molecule has 0 saturated heterocycles. The van der Waals surface area contributed by atoms with Crippen LogP contribution in [-0.4, -0.2) is 32.3 Å². The standard InChI is InChI=1S/C22H31N3O3/c1-2-23-22(24-12-6-13-26-17-20-8-5-14-27-20)25-15-19-7-3-4-9-21(19)28-16-18-10-11-18/h3-5,7-9,14,18H,2,6,10-13,15-17H2,1H3,(H2,23,24,25). The van der Waals surface area contributed by atoms with Crippen molar-refractivity contribution in [3.05, 3.63) is 54.0 Å². The summed E-state index contributed by atoms with van der Waals surface area (Å²) in [6.45, 7) is 6.27. The molecule has 3 rings (SSSR count). The molecule has 0 unspecified atom stereocenters. The average molecular weight is 386 g/mol. The molecule has 28 heavy (non-hydrogen) atoms. The maximum absolute atomic E-state index is 5.98. The van der Waals surface area contributed by atoms with E-state index in [0.717, 1.165) is 55.1 Å². The molecule has 6 heteroatoms. The minimum atomic E-state index is 0.513. The molecule has 1 aromatic carbocycles. The zero-order valence-corrected chi connectivity index (χ0v) is 16.7. The Kier molecular flexibility index (Phi) is 8.25. The van der Waals surface area contributed by atoms with Crippen LogP contribution < -0.4 is 15.4 Å². The summed E-state index contributed by atoms with van der Waals surface area (Å²) in [4.78, 5) is 4.70. The SMILES string of the molecule is CCNC(=NCc1ccccc1OCC1CC1)NCCCOCc1ccco1. The van der Waals surface area contributed by atoms with E-state index in [1.54, 1.807) is 6.26 Å². The minimum Gasteiger partial charge on any atom is -0.493 e. The summed E-state index contributed by atoms with van der Waals surface area (Å²) >= 11 is 0. The third-order valence-electron chi connectivity index (χ3n) is 4.48. The number of nitrogens with one attached hydrogen (secondary N) is 2. The van der Waals surface area contributed by atoms with Gasteiger partial charge in [-0.05, 0) is 50.3 Å². The van der Waals surface area contributed by atoms with Gasteiger partial charge in [-0.1, -0.05) is 18.2 Å². The van der Waals surface area contributed by atoms with Crippen LogP contribution in [0.2, 0.25) is 0 Å². The molecule has 152 valence electrons. The quantitative estimate of drug-likeness (QED) is 0.331. The van der Waals surface area contributed by atoms with E-state index in [-0.39, 0.29) is 0 Å². The van der Waals surface area contributed by atoms with E-state index in [9.17, 15) is 0 Å². The highest BCUT2D eigenvalue weighted by Gasteiger charge is 2.22. The number of hydrogen-bond acceptors (Lipinski definition) is 4. The molecule has 0 radical (unpaired) electrons. The second kappa shape index (κ2) is 11.4. The smallest absolute Gasteiger partial charge is 0.191 e. The topological polar surface area (TPSA) is 68.0 Å².